The molecule has 0 unspecified atom stereocenters. The molecule has 19 heavy (non-hydrogen) atoms. The molecule has 0 saturated heterocycles. The van der Waals surface area contributed by atoms with Crippen molar-refractivity contribution in [1.82, 2.24) is 15.0 Å². The van der Waals surface area contributed by atoms with E-state index < -0.39 is 0 Å². The summed E-state index contributed by atoms with van der Waals surface area (Å²) in [5.74, 6) is 1.46. The van der Waals surface area contributed by atoms with Crippen molar-refractivity contribution >= 4 is 37.7 Å². The predicted molar refractivity (Wildman–Crippen MR) is 84.2 cm³/mol. The number of aromatic nitrogens is 3. The van der Waals surface area contributed by atoms with Gasteiger partial charge in [-0.3, -0.25) is 4.98 Å². The number of nitrogens with one attached hydrogen (secondary N) is 1. The zero-order valence-electron chi connectivity index (χ0n) is 10.7. The van der Waals surface area contributed by atoms with Crippen LogP contribution in [0.25, 0.3) is 11.5 Å². The average molecular weight is 386 g/mol. The third-order valence-corrected chi connectivity index (χ3v) is 3.47. The molecule has 0 aliphatic carbocycles. The Bertz CT molecular complexity index is 587. The van der Waals surface area contributed by atoms with Crippen LogP contribution in [0.2, 0.25) is 0 Å². The number of rotatable bonds is 4. The highest BCUT2D eigenvalue weighted by Gasteiger charge is 2.10. The molecule has 0 spiro atoms. The van der Waals surface area contributed by atoms with Gasteiger partial charge in [0, 0.05) is 33.4 Å². The second-order valence-electron chi connectivity index (χ2n) is 4.13. The molecule has 0 bridgehead atoms. The number of anilines is 1. The van der Waals surface area contributed by atoms with Gasteiger partial charge in [-0.25, -0.2) is 9.97 Å². The van der Waals surface area contributed by atoms with Crippen LogP contribution in [0.1, 0.15) is 19.0 Å². The lowest BCUT2D eigenvalue weighted by molar-refractivity contribution is 0.961. The quantitative estimate of drug-likeness (QED) is 0.856. The van der Waals surface area contributed by atoms with Gasteiger partial charge >= 0.3 is 0 Å². The van der Waals surface area contributed by atoms with Crippen LogP contribution in [0.3, 0.4) is 0 Å². The Morgan fingerprint density at radius 1 is 1.21 bits per heavy atom. The molecule has 0 fully saturated rings. The van der Waals surface area contributed by atoms with Gasteiger partial charge in [0.2, 0.25) is 0 Å². The van der Waals surface area contributed by atoms with Crippen LogP contribution in [0, 0.1) is 6.92 Å². The number of halogens is 2. The highest BCUT2D eigenvalue weighted by atomic mass is 79.9. The summed E-state index contributed by atoms with van der Waals surface area (Å²) in [6.07, 6.45) is 2.80. The Morgan fingerprint density at radius 2 is 2.00 bits per heavy atom. The van der Waals surface area contributed by atoms with Crippen molar-refractivity contribution < 1.29 is 0 Å². The highest BCUT2D eigenvalue weighted by Crippen LogP contribution is 2.27. The van der Waals surface area contributed by atoms with Gasteiger partial charge in [0.05, 0.1) is 0 Å². The average Bonchev–Trinajstić information content (AvgIpc) is 2.35. The van der Waals surface area contributed by atoms with Crippen molar-refractivity contribution in [2.45, 2.75) is 20.3 Å². The molecule has 2 aromatic rings. The van der Waals surface area contributed by atoms with E-state index >= 15 is 0 Å². The Balaban J connectivity index is 2.41. The Hall–Kier alpha value is -1.01. The minimum atomic E-state index is 0.623. The molecule has 2 aromatic heterocycles. The zero-order chi connectivity index (χ0) is 13.8. The van der Waals surface area contributed by atoms with E-state index in [4.69, 9.17) is 0 Å². The summed E-state index contributed by atoms with van der Waals surface area (Å²) >= 11 is 6.88. The van der Waals surface area contributed by atoms with Gasteiger partial charge in [-0.2, -0.15) is 0 Å². The lowest BCUT2D eigenvalue weighted by Gasteiger charge is -2.08. The van der Waals surface area contributed by atoms with E-state index in [1.165, 1.54) is 0 Å². The topological polar surface area (TPSA) is 50.7 Å². The van der Waals surface area contributed by atoms with E-state index in [2.05, 4.69) is 59.1 Å². The molecule has 0 atom stereocenters. The minimum absolute atomic E-state index is 0.623. The number of hydrogen-bond acceptors (Lipinski definition) is 4. The maximum absolute atomic E-state index is 4.50. The first-order chi connectivity index (χ1) is 9.10. The van der Waals surface area contributed by atoms with Crippen LogP contribution in [-0.4, -0.2) is 21.5 Å². The molecular weight excluding hydrogens is 372 g/mol. The highest BCUT2D eigenvalue weighted by molar-refractivity contribution is 9.11. The van der Waals surface area contributed by atoms with Gasteiger partial charge in [0.1, 0.15) is 11.5 Å². The molecule has 6 heteroatoms. The van der Waals surface area contributed by atoms with Crippen LogP contribution in [0.15, 0.2) is 27.3 Å². The first kappa shape index (κ1) is 14.4. The molecule has 0 aromatic carbocycles. The van der Waals surface area contributed by atoms with Crippen molar-refractivity contribution in [2.24, 2.45) is 0 Å². The van der Waals surface area contributed by atoms with Crippen molar-refractivity contribution in [3.63, 3.8) is 0 Å². The molecule has 2 heterocycles. The zero-order valence-corrected chi connectivity index (χ0v) is 13.9. The number of aryl methyl sites for hydroxylation is 1. The molecule has 0 radical (unpaired) electrons. The predicted octanol–water partition coefficient (Wildman–Crippen LogP) is 4.19. The Morgan fingerprint density at radius 3 is 2.68 bits per heavy atom. The van der Waals surface area contributed by atoms with Crippen molar-refractivity contribution in [2.75, 3.05) is 11.9 Å². The fourth-order valence-corrected chi connectivity index (χ4v) is 2.76. The molecule has 0 aliphatic rings. The first-order valence-corrected chi connectivity index (χ1v) is 7.59. The summed E-state index contributed by atoms with van der Waals surface area (Å²) in [6, 6.07) is 3.87. The molecule has 0 amide bonds. The van der Waals surface area contributed by atoms with Gasteiger partial charge in [-0.1, -0.05) is 6.92 Å². The summed E-state index contributed by atoms with van der Waals surface area (Å²) in [5.41, 5.74) is 1.66. The second kappa shape index (κ2) is 6.43. The van der Waals surface area contributed by atoms with Gasteiger partial charge in [-0.05, 0) is 51.3 Å². The number of hydrogen-bond donors (Lipinski definition) is 1. The standard InChI is InChI=1S/C13H14Br2N4/c1-3-4-16-11-5-8(2)18-13(19-11)12-10(15)6-9(14)7-17-12/h5-7H,3-4H2,1-2H3,(H,16,18,19). The number of pyridine rings is 1. The monoisotopic (exact) mass is 384 g/mol. The minimum Gasteiger partial charge on any atom is -0.370 e. The molecule has 100 valence electrons. The van der Waals surface area contributed by atoms with Gasteiger partial charge < -0.3 is 5.32 Å². The maximum atomic E-state index is 4.50. The van der Waals surface area contributed by atoms with Crippen molar-refractivity contribution in [3.05, 3.63) is 33.0 Å². The third kappa shape index (κ3) is 3.73. The van der Waals surface area contributed by atoms with Crippen molar-refractivity contribution in [3.8, 4) is 11.5 Å². The fraction of sp³-hybridized carbons (Fsp3) is 0.308. The van der Waals surface area contributed by atoms with E-state index in [1.807, 2.05) is 19.1 Å². The van der Waals surface area contributed by atoms with Crippen LogP contribution in [-0.2, 0) is 0 Å². The van der Waals surface area contributed by atoms with Gasteiger partial charge in [-0.15, -0.1) is 0 Å². The lowest BCUT2D eigenvalue weighted by atomic mass is 10.3. The molecule has 2 rings (SSSR count). The third-order valence-electron chi connectivity index (χ3n) is 2.43. The first-order valence-electron chi connectivity index (χ1n) is 6.01. The Kier molecular flexibility index (Phi) is 4.87. The largest absolute Gasteiger partial charge is 0.370 e. The molecule has 1 N–H and O–H groups in total. The van der Waals surface area contributed by atoms with Crippen LogP contribution in [0.5, 0.6) is 0 Å². The molecular formula is C13H14Br2N4. The summed E-state index contributed by atoms with van der Waals surface area (Å²) in [6.45, 7) is 4.97. The molecule has 0 aliphatic heterocycles. The fourth-order valence-electron chi connectivity index (χ4n) is 1.60. The van der Waals surface area contributed by atoms with Crippen LogP contribution < -0.4 is 5.32 Å². The van der Waals surface area contributed by atoms with Gasteiger partial charge in [0.15, 0.2) is 5.82 Å². The molecule has 0 saturated carbocycles. The summed E-state index contributed by atoms with van der Waals surface area (Å²) in [4.78, 5) is 13.3. The van der Waals surface area contributed by atoms with E-state index in [-0.39, 0.29) is 0 Å². The van der Waals surface area contributed by atoms with E-state index in [0.717, 1.165) is 39.1 Å². The van der Waals surface area contributed by atoms with Crippen molar-refractivity contribution in [1.29, 1.82) is 0 Å². The van der Waals surface area contributed by atoms with Gasteiger partial charge in [0.25, 0.3) is 0 Å². The number of nitrogens with zero attached hydrogens (tertiary/aromatic N) is 3. The normalized spacial score (nSPS) is 10.5. The molecule has 4 nitrogen and oxygen atoms in total. The van der Waals surface area contributed by atoms with E-state index in [1.54, 1.807) is 6.20 Å². The SMILES string of the molecule is CCCNc1cc(C)nc(-c2ncc(Br)cc2Br)n1. The van der Waals surface area contributed by atoms with E-state index in [9.17, 15) is 0 Å². The Labute approximate surface area is 129 Å². The van der Waals surface area contributed by atoms with Crippen LogP contribution in [0.4, 0.5) is 5.82 Å². The summed E-state index contributed by atoms with van der Waals surface area (Å²) < 4.78 is 1.79. The second-order valence-corrected chi connectivity index (χ2v) is 5.90. The summed E-state index contributed by atoms with van der Waals surface area (Å²) in [5, 5.41) is 3.27. The smallest absolute Gasteiger partial charge is 0.181 e. The van der Waals surface area contributed by atoms with E-state index in [0.29, 0.717) is 5.82 Å². The summed E-state index contributed by atoms with van der Waals surface area (Å²) in [7, 11) is 0. The lowest BCUT2D eigenvalue weighted by Crippen LogP contribution is -2.05. The van der Waals surface area contributed by atoms with Crippen LogP contribution >= 0.6 is 31.9 Å². The maximum Gasteiger partial charge on any atom is 0.181 e.